The molecule has 6 nitrogen and oxygen atoms in total. The maximum atomic E-state index is 11.4. The number of anilines is 2. The fourth-order valence-corrected chi connectivity index (χ4v) is 1.77. The number of hydrogen-bond donors (Lipinski definition) is 2. The number of carbonyl (C=O) groups is 2. The Balaban J connectivity index is 2.13. The van der Waals surface area contributed by atoms with Crippen LogP contribution in [0.2, 0.25) is 0 Å². The van der Waals surface area contributed by atoms with E-state index >= 15 is 0 Å². The summed E-state index contributed by atoms with van der Waals surface area (Å²) in [5.41, 5.74) is 2.31. The minimum atomic E-state index is -0.319. The van der Waals surface area contributed by atoms with Crippen molar-refractivity contribution in [1.82, 2.24) is 0 Å². The maximum Gasteiger partial charge on any atom is 0.247 e. The minimum Gasteiger partial charge on any atom is -0.323 e. The molecule has 2 rings (SSSR count). The van der Waals surface area contributed by atoms with Gasteiger partial charge in [0.2, 0.25) is 11.8 Å². The molecule has 6 heteroatoms. The van der Waals surface area contributed by atoms with Crippen LogP contribution in [0, 0.1) is 0 Å². The van der Waals surface area contributed by atoms with Gasteiger partial charge in [-0.2, -0.15) is 5.11 Å². The molecule has 0 aliphatic rings. The summed E-state index contributed by atoms with van der Waals surface area (Å²) < 4.78 is 0. The maximum absolute atomic E-state index is 11.4. The van der Waals surface area contributed by atoms with Crippen molar-refractivity contribution in [3.8, 4) is 0 Å². The number of carbonyl (C=O) groups excluding carboxylic acids is 2. The summed E-state index contributed by atoms with van der Waals surface area (Å²) in [4.78, 5) is 22.6. The van der Waals surface area contributed by atoms with E-state index in [0.29, 0.717) is 22.7 Å². The highest BCUT2D eigenvalue weighted by Crippen LogP contribution is 2.27. The molecule has 0 radical (unpaired) electrons. The molecule has 24 heavy (non-hydrogen) atoms. The van der Waals surface area contributed by atoms with Gasteiger partial charge in [0.1, 0.15) is 5.69 Å². The number of para-hydroxylation sites is 1. The molecule has 0 saturated carbocycles. The van der Waals surface area contributed by atoms with Crippen LogP contribution >= 0.6 is 0 Å². The van der Waals surface area contributed by atoms with Crippen LogP contribution in [0.5, 0.6) is 0 Å². The highest BCUT2D eigenvalue weighted by atomic mass is 16.2. The molecule has 2 aromatic carbocycles. The number of nitrogens with one attached hydrogen (secondary N) is 2. The van der Waals surface area contributed by atoms with Crippen molar-refractivity contribution in [1.29, 1.82) is 0 Å². The van der Waals surface area contributed by atoms with Gasteiger partial charge < -0.3 is 10.6 Å². The lowest BCUT2D eigenvalue weighted by molar-refractivity contribution is -0.112. The van der Waals surface area contributed by atoms with Crippen LogP contribution in [0.3, 0.4) is 0 Å². The zero-order valence-corrected chi connectivity index (χ0v) is 12.9. The van der Waals surface area contributed by atoms with Gasteiger partial charge in [-0.1, -0.05) is 25.3 Å². The summed E-state index contributed by atoms with van der Waals surface area (Å²) in [5, 5.41) is 13.6. The number of hydrogen-bond acceptors (Lipinski definition) is 4. The van der Waals surface area contributed by atoms with E-state index in [1.165, 1.54) is 12.2 Å². The van der Waals surface area contributed by atoms with Gasteiger partial charge in [0, 0.05) is 5.69 Å². The van der Waals surface area contributed by atoms with Crippen LogP contribution in [-0.2, 0) is 9.59 Å². The Hall–Kier alpha value is -3.54. The zero-order valence-electron chi connectivity index (χ0n) is 12.9. The van der Waals surface area contributed by atoms with Gasteiger partial charge in [-0.15, -0.1) is 5.11 Å². The number of nitrogens with zero attached hydrogens (tertiary/aromatic N) is 2. The third-order valence-electron chi connectivity index (χ3n) is 2.94. The van der Waals surface area contributed by atoms with Gasteiger partial charge in [-0.25, -0.2) is 0 Å². The first-order valence-electron chi connectivity index (χ1n) is 7.10. The summed E-state index contributed by atoms with van der Waals surface area (Å²) >= 11 is 0. The van der Waals surface area contributed by atoms with Crippen molar-refractivity contribution in [3.05, 3.63) is 73.8 Å². The van der Waals surface area contributed by atoms with Crippen molar-refractivity contribution in [2.24, 2.45) is 10.2 Å². The Kier molecular flexibility index (Phi) is 5.74. The molecule has 0 unspecified atom stereocenters. The molecule has 120 valence electrons. The molecule has 0 saturated heterocycles. The number of amides is 2. The van der Waals surface area contributed by atoms with Crippen molar-refractivity contribution in [3.63, 3.8) is 0 Å². The van der Waals surface area contributed by atoms with Crippen LogP contribution in [0.4, 0.5) is 22.7 Å². The van der Waals surface area contributed by atoms with Crippen LogP contribution in [0.1, 0.15) is 0 Å². The van der Waals surface area contributed by atoms with Crippen LogP contribution in [0.25, 0.3) is 0 Å². The topological polar surface area (TPSA) is 82.9 Å². The predicted octanol–water partition coefficient (Wildman–Crippen LogP) is 4.35. The standard InChI is InChI=1S/C18H16N4O2/c1-3-17(23)19-13-9-11-14(12-10-13)21-22-16-8-6-5-7-15(16)20-18(24)4-2/h3-12H,1-2H2,(H,19,23)(H,20,24). The molecular formula is C18H16N4O2. The average Bonchev–Trinajstić information content (AvgIpc) is 2.62. The van der Waals surface area contributed by atoms with E-state index in [9.17, 15) is 9.59 Å². The first-order chi connectivity index (χ1) is 11.6. The van der Waals surface area contributed by atoms with Gasteiger partial charge in [0.25, 0.3) is 0 Å². The third kappa shape index (κ3) is 4.74. The summed E-state index contributed by atoms with van der Waals surface area (Å²) in [7, 11) is 0. The molecule has 0 aromatic heterocycles. The molecule has 0 spiro atoms. The summed E-state index contributed by atoms with van der Waals surface area (Å²) in [6.07, 6.45) is 2.38. The second kappa shape index (κ2) is 8.19. The van der Waals surface area contributed by atoms with Gasteiger partial charge in [0.05, 0.1) is 11.4 Å². The fourth-order valence-electron chi connectivity index (χ4n) is 1.77. The smallest absolute Gasteiger partial charge is 0.247 e. The van der Waals surface area contributed by atoms with E-state index < -0.39 is 0 Å². The van der Waals surface area contributed by atoms with E-state index in [2.05, 4.69) is 34.0 Å². The van der Waals surface area contributed by atoms with Crippen molar-refractivity contribution in [2.45, 2.75) is 0 Å². The van der Waals surface area contributed by atoms with Gasteiger partial charge in [0.15, 0.2) is 0 Å². The summed E-state index contributed by atoms with van der Waals surface area (Å²) in [6.45, 7) is 6.80. The SMILES string of the molecule is C=CC(=O)Nc1ccc(N=Nc2ccccc2NC(=O)C=C)cc1. The normalized spacial score (nSPS) is 10.2. The predicted molar refractivity (Wildman–Crippen MR) is 94.7 cm³/mol. The third-order valence-corrected chi connectivity index (χ3v) is 2.94. The van der Waals surface area contributed by atoms with Gasteiger partial charge >= 0.3 is 0 Å². The lowest BCUT2D eigenvalue weighted by Crippen LogP contribution is -2.07. The molecule has 0 aliphatic heterocycles. The molecule has 0 bridgehead atoms. The molecule has 0 aliphatic carbocycles. The Morgan fingerprint density at radius 1 is 0.833 bits per heavy atom. The number of azo groups is 1. The van der Waals surface area contributed by atoms with Crippen LogP contribution in [-0.4, -0.2) is 11.8 Å². The first kappa shape index (κ1) is 16.8. The number of rotatable bonds is 6. The van der Waals surface area contributed by atoms with Gasteiger partial charge in [-0.05, 0) is 48.6 Å². The van der Waals surface area contributed by atoms with Crippen LogP contribution in [0.15, 0.2) is 84.1 Å². The van der Waals surface area contributed by atoms with Crippen molar-refractivity contribution < 1.29 is 9.59 Å². The lowest BCUT2D eigenvalue weighted by Gasteiger charge is -2.05. The Morgan fingerprint density at radius 2 is 1.46 bits per heavy atom. The van der Waals surface area contributed by atoms with Crippen molar-refractivity contribution in [2.75, 3.05) is 10.6 Å². The van der Waals surface area contributed by atoms with E-state index in [1.54, 1.807) is 48.5 Å². The Bertz CT molecular complexity index is 795. The molecular weight excluding hydrogens is 304 g/mol. The van der Waals surface area contributed by atoms with Gasteiger partial charge in [-0.3, -0.25) is 9.59 Å². The lowest BCUT2D eigenvalue weighted by atomic mass is 10.2. The largest absolute Gasteiger partial charge is 0.323 e. The van der Waals surface area contributed by atoms with E-state index in [-0.39, 0.29) is 11.8 Å². The van der Waals surface area contributed by atoms with E-state index in [4.69, 9.17) is 0 Å². The van der Waals surface area contributed by atoms with E-state index in [1.807, 2.05) is 0 Å². The Morgan fingerprint density at radius 3 is 2.12 bits per heavy atom. The summed E-state index contributed by atoms with van der Waals surface area (Å²) in [5.74, 6) is -0.601. The molecule has 0 atom stereocenters. The molecule has 2 N–H and O–H groups in total. The monoisotopic (exact) mass is 320 g/mol. The fraction of sp³-hybridized carbons (Fsp3) is 0. The highest BCUT2D eigenvalue weighted by molar-refractivity contribution is 6.00. The average molecular weight is 320 g/mol. The minimum absolute atomic E-state index is 0.281. The van der Waals surface area contributed by atoms with E-state index in [0.717, 1.165) is 0 Å². The zero-order chi connectivity index (χ0) is 17.4. The van der Waals surface area contributed by atoms with Crippen molar-refractivity contribution >= 4 is 34.6 Å². The molecule has 0 heterocycles. The second-order valence-electron chi connectivity index (χ2n) is 4.65. The van der Waals surface area contributed by atoms with Crippen LogP contribution < -0.4 is 10.6 Å². The molecule has 2 aromatic rings. The Labute approximate surface area is 139 Å². The molecule has 0 fully saturated rings. The second-order valence-corrected chi connectivity index (χ2v) is 4.65. The molecule has 2 amide bonds. The first-order valence-corrected chi connectivity index (χ1v) is 7.10. The number of benzene rings is 2. The summed E-state index contributed by atoms with van der Waals surface area (Å²) in [6, 6.07) is 13.9. The highest BCUT2D eigenvalue weighted by Gasteiger charge is 2.03. The quantitative estimate of drug-likeness (QED) is 0.612.